The summed E-state index contributed by atoms with van der Waals surface area (Å²) >= 11 is 3.32. The van der Waals surface area contributed by atoms with E-state index in [2.05, 4.69) is 20.9 Å². The molecule has 0 unspecified atom stereocenters. The summed E-state index contributed by atoms with van der Waals surface area (Å²) in [7, 11) is 0. The lowest BCUT2D eigenvalue weighted by Gasteiger charge is -2.11. The molecule has 0 spiro atoms. The summed E-state index contributed by atoms with van der Waals surface area (Å²) < 4.78 is 58.5. The molecule has 2 nitrogen and oxygen atoms in total. The van der Waals surface area contributed by atoms with Crippen molar-refractivity contribution in [2.75, 3.05) is 0 Å². The number of halogens is 5. The van der Waals surface area contributed by atoms with Crippen LogP contribution in [0, 0.1) is 37.4 Å². The predicted molar refractivity (Wildman–Crippen MR) is 67.8 cm³/mol. The van der Waals surface area contributed by atoms with Crippen LogP contribution in [-0.2, 0) is 0 Å². The Balaban J connectivity index is 2.50. The smallest absolute Gasteiger partial charge is 0.255 e. The number of pyridine rings is 1. The first-order chi connectivity index (χ1) is 9.31. The van der Waals surface area contributed by atoms with Gasteiger partial charge in [0.05, 0.1) is 0 Å². The highest BCUT2D eigenvalue weighted by atomic mass is 79.9. The van der Waals surface area contributed by atoms with Crippen molar-refractivity contribution in [2.45, 2.75) is 13.8 Å². The lowest BCUT2D eigenvalue weighted by molar-refractivity contribution is 0.343. The third kappa shape index (κ3) is 2.63. The molecular formula is C13H8BrF4NO. The molecule has 2 rings (SSSR count). The van der Waals surface area contributed by atoms with Crippen LogP contribution < -0.4 is 4.74 Å². The fraction of sp³-hybridized carbons (Fsp3) is 0.154. The Hall–Kier alpha value is -1.63. The zero-order valence-corrected chi connectivity index (χ0v) is 12.0. The Kier molecular flexibility index (Phi) is 3.99. The standard InChI is InChI=1S/C13H8BrF4NO/c1-5-3-7(4-6(2)8(5)14)20-11-9(15)12(17)19-13(18)10(11)16/h3-4H,1-2H3. The molecular weight excluding hydrogens is 342 g/mol. The van der Waals surface area contributed by atoms with Crippen LogP contribution >= 0.6 is 15.9 Å². The molecule has 0 saturated heterocycles. The van der Waals surface area contributed by atoms with E-state index >= 15 is 0 Å². The summed E-state index contributed by atoms with van der Waals surface area (Å²) in [5, 5.41) is 0. The van der Waals surface area contributed by atoms with E-state index in [0.717, 1.165) is 15.6 Å². The van der Waals surface area contributed by atoms with E-state index in [-0.39, 0.29) is 5.75 Å². The number of nitrogens with zero attached hydrogens (tertiary/aromatic N) is 1. The first-order valence-corrected chi connectivity index (χ1v) is 6.25. The number of ether oxygens (including phenoxy) is 1. The number of aromatic nitrogens is 1. The third-order valence-electron chi connectivity index (χ3n) is 2.59. The van der Waals surface area contributed by atoms with Gasteiger partial charge in [0.1, 0.15) is 5.75 Å². The zero-order chi connectivity index (χ0) is 15.0. The first kappa shape index (κ1) is 14.8. The van der Waals surface area contributed by atoms with E-state index in [4.69, 9.17) is 4.74 Å². The van der Waals surface area contributed by atoms with E-state index in [0.29, 0.717) is 0 Å². The van der Waals surface area contributed by atoms with E-state index in [1.165, 1.54) is 12.1 Å². The lowest BCUT2D eigenvalue weighted by atomic mass is 10.1. The second kappa shape index (κ2) is 5.40. The van der Waals surface area contributed by atoms with Crippen LogP contribution in [0.5, 0.6) is 11.5 Å². The molecule has 0 aliphatic rings. The number of hydrogen-bond acceptors (Lipinski definition) is 2. The molecule has 0 bridgehead atoms. The zero-order valence-electron chi connectivity index (χ0n) is 10.4. The molecule has 0 aliphatic carbocycles. The molecule has 0 radical (unpaired) electrons. The molecule has 1 aromatic carbocycles. The van der Waals surface area contributed by atoms with Gasteiger partial charge in [-0.15, -0.1) is 0 Å². The number of rotatable bonds is 2. The van der Waals surface area contributed by atoms with Gasteiger partial charge in [0.25, 0.3) is 11.9 Å². The monoisotopic (exact) mass is 349 g/mol. The Morgan fingerprint density at radius 1 is 0.950 bits per heavy atom. The van der Waals surface area contributed by atoms with Gasteiger partial charge < -0.3 is 4.74 Å². The Morgan fingerprint density at radius 2 is 1.40 bits per heavy atom. The van der Waals surface area contributed by atoms with Crippen molar-refractivity contribution < 1.29 is 22.3 Å². The van der Waals surface area contributed by atoms with Gasteiger partial charge in [-0.05, 0) is 37.1 Å². The number of hydrogen-bond donors (Lipinski definition) is 0. The fourth-order valence-electron chi connectivity index (χ4n) is 1.64. The van der Waals surface area contributed by atoms with Crippen molar-refractivity contribution in [3.05, 3.63) is 51.3 Å². The summed E-state index contributed by atoms with van der Waals surface area (Å²) in [5.41, 5.74) is 1.49. The van der Waals surface area contributed by atoms with Gasteiger partial charge in [-0.1, -0.05) is 15.9 Å². The summed E-state index contributed by atoms with van der Waals surface area (Å²) in [6.45, 7) is 3.48. The van der Waals surface area contributed by atoms with Crippen molar-refractivity contribution in [1.29, 1.82) is 0 Å². The average molecular weight is 350 g/mol. The van der Waals surface area contributed by atoms with Crippen molar-refractivity contribution >= 4 is 15.9 Å². The largest absolute Gasteiger partial charge is 0.451 e. The van der Waals surface area contributed by atoms with Crippen molar-refractivity contribution in [3.63, 3.8) is 0 Å². The normalized spacial score (nSPS) is 10.8. The van der Waals surface area contributed by atoms with Crippen LogP contribution in [0.25, 0.3) is 0 Å². The quantitative estimate of drug-likeness (QED) is 0.573. The highest BCUT2D eigenvalue weighted by molar-refractivity contribution is 9.10. The third-order valence-corrected chi connectivity index (χ3v) is 3.84. The SMILES string of the molecule is Cc1cc(Oc2c(F)c(F)nc(F)c2F)cc(C)c1Br. The highest BCUT2D eigenvalue weighted by Crippen LogP contribution is 2.33. The van der Waals surface area contributed by atoms with Gasteiger partial charge >= 0.3 is 0 Å². The molecule has 0 amide bonds. The van der Waals surface area contributed by atoms with E-state index in [1.807, 2.05) is 0 Å². The Labute approximate surface area is 120 Å². The molecule has 1 heterocycles. The Morgan fingerprint density at radius 3 is 1.85 bits per heavy atom. The molecule has 7 heteroatoms. The molecule has 0 saturated carbocycles. The fourth-order valence-corrected chi connectivity index (χ4v) is 1.87. The van der Waals surface area contributed by atoms with Crippen molar-refractivity contribution in [2.24, 2.45) is 0 Å². The van der Waals surface area contributed by atoms with E-state index in [1.54, 1.807) is 13.8 Å². The van der Waals surface area contributed by atoms with Gasteiger partial charge in [-0.25, -0.2) is 0 Å². The minimum atomic E-state index is -1.76. The molecule has 0 atom stereocenters. The maximum Gasteiger partial charge on any atom is 0.255 e. The molecule has 0 fully saturated rings. The van der Waals surface area contributed by atoms with Gasteiger partial charge in [-0.3, -0.25) is 0 Å². The Bertz CT molecular complexity index is 641. The maximum absolute atomic E-state index is 13.4. The second-order valence-corrected chi connectivity index (χ2v) is 4.92. The summed E-state index contributed by atoms with van der Waals surface area (Å²) in [5.74, 6) is -7.97. The van der Waals surface area contributed by atoms with Crippen LogP contribution in [-0.4, -0.2) is 4.98 Å². The molecule has 20 heavy (non-hydrogen) atoms. The van der Waals surface area contributed by atoms with Crippen LogP contribution in [0.1, 0.15) is 11.1 Å². The predicted octanol–water partition coefficient (Wildman–Crippen LogP) is 4.81. The molecule has 0 N–H and O–H groups in total. The molecule has 0 aliphatic heterocycles. The molecule has 1 aromatic heterocycles. The first-order valence-electron chi connectivity index (χ1n) is 5.46. The summed E-state index contributed by atoms with van der Waals surface area (Å²) in [6, 6.07) is 2.96. The van der Waals surface area contributed by atoms with Crippen LogP contribution in [0.15, 0.2) is 16.6 Å². The summed E-state index contributed by atoms with van der Waals surface area (Å²) in [6.07, 6.45) is 0. The van der Waals surface area contributed by atoms with E-state index < -0.39 is 29.3 Å². The van der Waals surface area contributed by atoms with Crippen LogP contribution in [0.2, 0.25) is 0 Å². The molecule has 106 valence electrons. The number of benzene rings is 1. The number of aryl methyl sites for hydroxylation is 2. The topological polar surface area (TPSA) is 22.1 Å². The van der Waals surface area contributed by atoms with Gasteiger partial charge in [0.15, 0.2) is 0 Å². The van der Waals surface area contributed by atoms with Gasteiger partial charge in [0, 0.05) is 4.47 Å². The van der Waals surface area contributed by atoms with Crippen LogP contribution in [0.3, 0.4) is 0 Å². The average Bonchev–Trinajstić information content (AvgIpc) is 2.38. The molecule has 2 aromatic rings. The van der Waals surface area contributed by atoms with Crippen molar-refractivity contribution in [1.82, 2.24) is 4.98 Å². The highest BCUT2D eigenvalue weighted by Gasteiger charge is 2.23. The van der Waals surface area contributed by atoms with Gasteiger partial charge in [-0.2, -0.15) is 22.5 Å². The van der Waals surface area contributed by atoms with E-state index in [9.17, 15) is 17.6 Å². The van der Waals surface area contributed by atoms with Gasteiger partial charge in [0.2, 0.25) is 17.4 Å². The second-order valence-electron chi connectivity index (χ2n) is 4.12. The van der Waals surface area contributed by atoms with Crippen LogP contribution in [0.4, 0.5) is 17.6 Å². The maximum atomic E-state index is 13.4. The minimum absolute atomic E-state index is 0.0611. The summed E-state index contributed by atoms with van der Waals surface area (Å²) in [4.78, 5) is 2.45. The van der Waals surface area contributed by atoms with Crippen molar-refractivity contribution in [3.8, 4) is 11.5 Å². The lowest BCUT2D eigenvalue weighted by Crippen LogP contribution is -2.03. The minimum Gasteiger partial charge on any atom is -0.451 e.